The highest BCUT2D eigenvalue weighted by atomic mass is 127. The lowest BCUT2D eigenvalue weighted by atomic mass is 9.90. The highest BCUT2D eigenvalue weighted by molar-refractivity contribution is 14.1. The van der Waals surface area contributed by atoms with Gasteiger partial charge in [0.05, 0.1) is 4.92 Å². The summed E-state index contributed by atoms with van der Waals surface area (Å²) in [6.07, 6.45) is 1.02. The molecule has 2 atom stereocenters. The van der Waals surface area contributed by atoms with Crippen LogP contribution in [0.1, 0.15) is 38.7 Å². The predicted octanol–water partition coefficient (Wildman–Crippen LogP) is 3.69. The van der Waals surface area contributed by atoms with E-state index in [1.165, 1.54) is 5.56 Å². The summed E-state index contributed by atoms with van der Waals surface area (Å²) in [5.74, 6) is 0.387. The average molecular weight is 362 g/mol. The van der Waals surface area contributed by atoms with E-state index in [1.54, 1.807) is 12.1 Å². The SMILES string of the molecule is CCNC(C)C(CC)c1ccc([N+](=O)[O-])cc1I. The fraction of sp³-hybridized carbons (Fsp3) is 0.538. The van der Waals surface area contributed by atoms with Crippen molar-refractivity contribution in [3.63, 3.8) is 0 Å². The number of rotatable bonds is 6. The summed E-state index contributed by atoms with van der Waals surface area (Å²) in [6.45, 7) is 7.33. The zero-order valence-electron chi connectivity index (χ0n) is 10.9. The van der Waals surface area contributed by atoms with Crippen molar-refractivity contribution in [2.75, 3.05) is 6.54 Å². The lowest BCUT2D eigenvalue weighted by Crippen LogP contribution is -2.32. The predicted molar refractivity (Wildman–Crippen MR) is 82.0 cm³/mol. The second kappa shape index (κ2) is 7.04. The van der Waals surface area contributed by atoms with Crippen molar-refractivity contribution in [1.29, 1.82) is 0 Å². The molecule has 0 fully saturated rings. The van der Waals surface area contributed by atoms with E-state index in [1.807, 2.05) is 6.07 Å². The van der Waals surface area contributed by atoms with E-state index in [9.17, 15) is 10.1 Å². The molecule has 0 saturated carbocycles. The van der Waals surface area contributed by atoms with E-state index in [-0.39, 0.29) is 10.6 Å². The quantitative estimate of drug-likeness (QED) is 0.477. The van der Waals surface area contributed by atoms with Gasteiger partial charge in [-0.2, -0.15) is 0 Å². The van der Waals surface area contributed by atoms with Crippen molar-refractivity contribution in [3.8, 4) is 0 Å². The van der Waals surface area contributed by atoms with Gasteiger partial charge in [-0.1, -0.05) is 19.9 Å². The van der Waals surface area contributed by atoms with E-state index >= 15 is 0 Å². The monoisotopic (exact) mass is 362 g/mol. The summed E-state index contributed by atoms with van der Waals surface area (Å²) in [6, 6.07) is 5.51. The normalized spacial score (nSPS) is 14.2. The third-order valence-corrected chi connectivity index (χ3v) is 4.10. The molecule has 1 N–H and O–H groups in total. The first kappa shape index (κ1) is 15.4. The molecule has 18 heavy (non-hydrogen) atoms. The first-order valence-electron chi connectivity index (χ1n) is 6.18. The largest absolute Gasteiger partial charge is 0.314 e. The van der Waals surface area contributed by atoms with Crippen molar-refractivity contribution >= 4 is 28.3 Å². The fourth-order valence-corrected chi connectivity index (χ4v) is 3.14. The van der Waals surface area contributed by atoms with Gasteiger partial charge in [-0.15, -0.1) is 0 Å². The summed E-state index contributed by atoms with van der Waals surface area (Å²) in [4.78, 5) is 10.4. The molecular weight excluding hydrogens is 343 g/mol. The minimum Gasteiger partial charge on any atom is -0.314 e. The summed E-state index contributed by atoms with van der Waals surface area (Å²) in [5, 5.41) is 14.2. The zero-order valence-corrected chi connectivity index (χ0v) is 13.1. The van der Waals surface area contributed by atoms with Crippen LogP contribution in [0.4, 0.5) is 5.69 Å². The smallest absolute Gasteiger partial charge is 0.270 e. The van der Waals surface area contributed by atoms with E-state index in [0.717, 1.165) is 16.5 Å². The Balaban J connectivity index is 3.03. The highest BCUT2D eigenvalue weighted by Crippen LogP contribution is 2.30. The van der Waals surface area contributed by atoms with Gasteiger partial charge in [0.2, 0.25) is 0 Å². The van der Waals surface area contributed by atoms with Crippen LogP contribution in [0, 0.1) is 13.7 Å². The van der Waals surface area contributed by atoms with Crippen LogP contribution in [0.15, 0.2) is 18.2 Å². The van der Waals surface area contributed by atoms with E-state index < -0.39 is 0 Å². The van der Waals surface area contributed by atoms with Gasteiger partial charge in [0.25, 0.3) is 5.69 Å². The lowest BCUT2D eigenvalue weighted by molar-refractivity contribution is -0.385. The molecule has 1 aromatic rings. The van der Waals surface area contributed by atoms with Crippen molar-refractivity contribution in [2.24, 2.45) is 0 Å². The average Bonchev–Trinajstić information content (AvgIpc) is 2.32. The number of nitrogens with one attached hydrogen (secondary N) is 1. The van der Waals surface area contributed by atoms with Crippen molar-refractivity contribution in [3.05, 3.63) is 37.4 Å². The number of likely N-dealkylation sites (N-methyl/N-ethyl adjacent to an activating group) is 1. The number of hydrogen-bond acceptors (Lipinski definition) is 3. The molecule has 0 spiro atoms. The molecule has 5 heteroatoms. The van der Waals surface area contributed by atoms with Crippen LogP contribution >= 0.6 is 22.6 Å². The van der Waals surface area contributed by atoms with Crippen LogP contribution in [0.5, 0.6) is 0 Å². The van der Waals surface area contributed by atoms with Gasteiger partial charge in [-0.3, -0.25) is 10.1 Å². The molecule has 0 amide bonds. The van der Waals surface area contributed by atoms with Crippen LogP contribution in [-0.4, -0.2) is 17.5 Å². The maximum absolute atomic E-state index is 10.7. The molecular formula is C13H19IN2O2. The first-order valence-corrected chi connectivity index (χ1v) is 7.26. The van der Waals surface area contributed by atoms with Crippen molar-refractivity contribution in [1.82, 2.24) is 5.32 Å². The maximum Gasteiger partial charge on any atom is 0.270 e. The minimum atomic E-state index is -0.347. The van der Waals surface area contributed by atoms with Crippen LogP contribution in [-0.2, 0) is 0 Å². The Hall–Kier alpha value is -0.690. The molecule has 1 rings (SSSR count). The Morgan fingerprint density at radius 1 is 1.44 bits per heavy atom. The molecule has 2 unspecified atom stereocenters. The highest BCUT2D eigenvalue weighted by Gasteiger charge is 2.20. The second-order valence-corrected chi connectivity index (χ2v) is 5.49. The summed E-state index contributed by atoms with van der Waals surface area (Å²) >= 11 is 2.19. The van der Waals surface area contributed by atoms with Gasteiger partial charge < -0.3 is 5.32 Å². The molecule has 0 aliphatic rings. The Morgan fingerprint density at radius 2 is 2.11 bits per heavy atom. The molecule has 0 aliphatic heterocycles. The third-order valence-electron chi connectivity index (χ3n) is 3.16. The number of nitrogens with zero attached hydrogens (tertiary/aromatic N) is 1. The van der Waals surface area contributed by atoms with Gasteiger partial charge in [-0.05, 0) is 54.0 Å². The Labute approximate surface area is 121 Å². The zero-order chi connectivity index (χ0) is 13.7. The second-order valence-electron chi connectivity index (χ2n) is 4.32. The number of hydrogen-bond donors (Lipinski definition) is 1. The number of nitro groups is 1. The van der Waals surface area contributed by atoms with E-state index in [2.05, 4.69) is 48.7 Å². The Bertz CT molecular complexity index is 423. The summed E-state index contributed by atoms with van der Waals surface area (Å²) in [5.41, 5.74) is 1.35. The maximum atomic E-state index is 10.7. The van der Waals surface area contributed by atoms with Gasteiger partial charge in [0, 0.05) is 21.7 Å². The molecule has 0 aliphatic carbocycles. The van der Waals surface area contributed by atoms with Crippen LogP contribution in [0.25, 0.3) is 0 Å². The fourth-order valence-electron chi connectivity index (χ4n) is 2.24. The summed E-state index contributed by atoms with van der Waals surface area (Å²) in [7, 11) is 0. The molecule has 100 valence electrons. The molecule has 0 aromatic heterocycles. The van der Waals surface area contributed by atoms with Gasteiger partial charge in [-0.25, -0.2) is 0 Å². The summed E-state index contributed by atoms with van der Waals surface area (Å²) < 4.78 is 0.971. The van der Waals surface area contributed by atoms with E-state index in [0.29, 0.717) is 12.0 Å². The number of benzene rings is 1. The molecule has 1 aromatic carbocycles. The van der Waals surface area contributed by atoms with Gasteiger partial charge in [0.1, 0.15) is 0 Å². The number of non-ortho nitro benzene ring substituents is 1. The Morgan fingerprint density at radius 3 is 2.56 bits per heavy atom. The molecule has 4 nitrogen and oxygen atoms in total. The standard InChI is InChI=1S/C13H19IN2O2/c1-4-11(9(3)15-5-2)12-7-6-10(16(17)18)8-13(12)14/h6-9,11,15H,4-5H2,1-3H3. The Kier molecular flexibility index (Phi) is 6.01. The third kappa shape index (κ3) is 3.65. The molecule has 0 radical (unpaired) electrons. The van der Waals surface area contributed by atoms with Crippen molar-refractivity contribution < 1.29 is 4.92 Å². The molecule has 0 bridgehead atoms. The number of halogens is 1. The molecule has 0 heterocycles. The topological polar surface area (TPSA) is 55.2 Å². The van der Waals surface area contributed by atoms with E-state index in [4.69, 9.17) is 0 Å². The van der Waals surface area contributed by atoms with Crippen LogP contribution in [0.2, 0.25) is 0 Å². The molecule has 0 saturated heterocycles. The lowest BCUT2D eigenvalue weighted by Gasteiger charge is -2.24. The number of nitro benzene ring substituents is 1. The first-order chi connectivity index (χ1) is 8.51. The van der Waals surface area contributed by atoms with Gasteiger partial charge in [0.15, 0.2) is 0 Å². The van der Waals surface area contributed by atoms with Gasteiger partial charge >= 0.3 is 0 Å². The van der Waals surface area contributed by atoms with Crippen molar-refractivity contribution in [2.45, 2.75) is 39.2 Å². The van der Waals surface area contributed by atoms with Crippen LogP contribution in [0.3, 0.4) is 0 Å². The van der Waals surface area contributed by atoms with Crippen LogP contribution < -0.4 is 5.32 Å². The minimum absolute atomic E-state index is 0.161.